The first-order valence-corrected chi connectivity index (χ1v) is 5.78. The number of amides is 1. The first kappa shape index (κ1) is 15.1. The second-order valence-electron chi connectivity index (χ2n) is 4.20. The van der Waals surface area contributed by atoms with Gasteiger partial charge in [0.1, 0.15) is 0 Å². The molecule has 0 bridgehead atoms. The van der Waals surface area contributed by atoms with Crippen LogP contribution in [-0.2, 0) is 0 Å². The fourth-order valence-electron chi connectivity index (χ4n) is 1.09. The van der Waals surface area contributed by atoms with Crippen LogP contribution >= 0.6 is 23.4 Å². The Bertz CT molecular complexity index is 441. The number of hydrogen-bond donors (Lipinski definition) is 1. The highest BCUT2D eigenvalue weighted by molar-refractivity contribution is 6.35. The van der Waals surface area contributed by atoms with E-state index in [1.807, 2.05) is 0 Å². The Hall–Kier alpha value is -0.910. The molecule has 0 saturated carbocycles. The predicted octanol–water partition coefficient (Wildman–Crippen LogP) is 3.48. The van der Waals surface area contributed by atoms with Gasteiger partial charge in [-0.1, -0.05) is 23.7 Å². The van der Waals surface area contributed by atoms with Crippen molar-refractivity contribution in [1.29, 1.82) is 0 Å². The first-order chi connectivity index (χ1) is 8.25. The quantitative estimate of drug-likeness (QED) is 0.681. The van der Waals surface area contributed by atoms with Crippen molar-refractivity contribution in [2.45, 2.75) is 25.8 Å². The molecule has 100 valence electrons. The summed E-state index contributed by atoms with van der Waals surface area (Å²) in [6.07, 6.45) is -2.68. The molecule has 0 aliphatic rings. The number of rotatable bonds is 4. The smallest absolute Gasteiger partial charge is 0.266 e. The minimum Gasteiger partial charge on any atom is -0.266 e. The molecule has 0 spiro atoms. The average Bonchev–Trinajstić information content (AvgIpc) is 2.28. The molecule has 1 rings (SSSR count). The van der Waals surface area contributed by atoms with Crippen LogP contribution in [0.5, 0.6) is 0 Å². The average molecular weight is 297 g/mol. The van der Waals surface area contributed by atoms with Crippen molar-refractivity contribution in [3.63, 3.8) is 0 Å². The molecule has 1 N–H and O–H groups in total. The largest absolute Gasteiger partial charge is 0.284 e. The molecular weight excluding hydrogens is 285 g/mol. The van der Waals surface area contributed by atoms with Crippen molar-refractivity contribution in [3.8, 4) is 0 Å². The maximum absolute atomic E-state index is 12.6. The Kier molecular flexibility index (Phi) is 4.90. The maximum atomic E-state index is 12.6. The van der Waals surface area contributed by atoms with Gasteiger partial charge in [-0.15, -0.1) is 0 Å². The fourth-order valence-corrected chi connectivity index (χ4v) is 1.62. The molecule has 0 aliphatic heterocycles. The lowest BCUT2D eigenvalue weighted by Gasteiger charge is -2.29. The highest BCUT2D eigenvalue weighted by Gasteiger charge is 2.33. The van der Waals surface area contributed by atoms with Gasteiger partial charge in [0.15, 0.2) is 0 Å². The van der Waals surface area contributed by atoms with Gasteiger partial charge in [0.05, 0.1) is 16.1 Å². The lowest BCUT2D eigenvalue weighted by molar-refractivity contribution is 0.0208. The van der Waals surface area contributed by atoms with Crippen molar-refractivity contribution in [3.05, 3.63) is 34.9 Å². The van der Waals surface area contributed by atoms with Crippen LogP contribution in [-0.4, -0.2) is 22.4 Å². The molecule has 1 amide bonds. The zero-order chi connectivity index (χ0) is 13.9. The molecule has 0 aliphatic carbocycles. The third-order valence-electron chi connectivity index (χ3n) is 2.21. The number of hydrazine groups is 1. The molecular formula is C11H12Cl2F2N2O. The molecule has 3 nitrogen and oxygen atoms in total. The van der Waals surface area contributed by atoms with E-state index in [1.54, 1.807) is 12.1 Å². The molecule has 0 unspecified atom stereocenters. The van der Waals surface area contributed by atoms with Crippen molar-refractivity contribution < 1.29 is 13.6 Å². The summed E-state index contributed by atoms with van der Waals surface area (Å²) in [4.78, 5) is 11.9. The summed E-state index contributed by atoms with van der Waals surface area (Å²) in [5.74, 6) is -0.698. The molecule has 7 heteroatoms. The van der Waals surface area contributed by atoms with E-state index in [4.69, 9.17) is 23.4 Å². The number of halogens is 4. The normalized spacial score (nSPS) is 11.7. The molecule has 0 fully saturated rings. The van der Waals surface area contributed by atoms with Gasteiger partial charge >= 0.3 is 0 Å². The minimum absolute atomic E-state index is 0.131. The van der Waals surface area contributed by atoms with Crippen LogP contribution in [0.15, 0.2) is 24.3 Å². The fraction of sp³-hybridized carbons (Fsp3) is 0.364. The summed E-state index contributed by atoms with van der Waals surface area (Å²) in [5.41, 5.74) is 0.727. The number of carbonyl (C=O) groups excluding carboxylic acids is 1. The van der Waals surface area contributed by atoms with E-state index in [1.165, 1.54) is 26.0 Å². The van der Waals surface area contributed by atoms with E-state index in [-0.39, 0.29) is 10.6 Å². The Balaban J connectivity index is 2.83. The number of nitrogens with zero attached hydrogens (tertiary/aromatic N) is 1. The maximum Gasteiger partial charge on any atom is 0.284 e. The van der Waals surface area contributed by atoms with Gasteiger partial charge in [0.2, 0.25) is 0 Å². The van der Waals surface area contributed by atoms with Crippen LogP contribution in [0.1, 0.15) is 24.2 Å². The van der Waals surface area contributed by atoms with Crippen LogP contribution in [0.4, 0.5) is 8.78 Å². The van der Waals surface area contributed by atoms with E-state index >= 15 is 0 Å². The van der Waals surface area contributed by atoms with Crippen molar-refractivity contribution in [1.82, 2.24) is 9.95 Å². The minimum atomic E-state index is -2.68. The van der Waals surface area contributed by atoms with Crippen molar-refractivity contribution in [2.75, 3.05) is 0 Å². The number of alkyl halides is 2. The second-order valence-corrected chi connectivity index (χ2v) is 4.95. The molecule has 0 atom stereocenters. The van der Waals surface area contributed by atoms with Gasteiger partial charge in [-0.3, -0.25) is 4.79 Å². The number of carbonyl (C=O) groups is 1. The zero-order valence-corrected chi connectivity index (χ0v) is 11.3. The van der Waals surface area contributed by atoms with E-state index in [9.17, 15) is 13.6 Å². The molecule has 1 aromatic carbocycles. The number of benzene rings is 1. The zero-order valence-electron chi connectivity index (χ0n) is 9.75. The number of hydrogen-bond acceptors (Lipinski definition) is 2. The van der Waals surface area contributed by atoms with Gasteiger partial charge in [-0.05, 0) is 26.0 Å². The van der Waals surface area contributed by atoms with Gasteiger partial charge in [0.25, 0.3) is 12.3 Å². The van der Waals surface area contributed by atoms with Gasteiger partial charge in [-0.2, -0.15) is 4.53 Å². The third-order valence-corrected chi connectivity index (χ3v) is 2.78. The van der Waals surface area contributed by atoms with E-state index in [0.717, 1.165) is 0 Å². The molecule has 0 saturated heterocycles. The van der Waals surface area contributed by atoms with Crippen LogP contribution in [0, 0.1) is 0 Å². The summed E-state index contributed by atoms with van der Waals surface area (Å²) >= 11 is 11.5. The summed E-state index contributed by atoms with van der Waals surface area (Å²) in [7, 11) is 0. The predicted molar refractivity (Wildman–Crippen MR) is 66.7 cm³/mol. The third kappa shape index (κ3) is 3.54. The molecule has 0 radical (unpaired) electrons. The second kappa shape index (κ2) is 5.82. The van der Waals surface area contributed by atoms with E-state index < -0.39 is 17.9 Å². The standard InChI is InChI=1S/C11H12Cl2F2N2O/c1-11(2,10(14)15)16-17(13)9(18)7-5-3-4-6-8(7)12/h3-6,10,16H,1-2H3. The summed E-state index contributed by atoms with van der Waals surface area (Å²) in [5, 5.41) is 0.199. The Morgan fingerprint density at radius 1 is 1.39 bits per heavy atom. The van der Waals surface area contributed by atoms with Crippen LogP contribution < -0.4 is 5.43 Å². The summed E-state index contributed by atoms with van der Waals surface area (Å²) in [6.45, 7) is 2.46. The van der Waals surface area contributed by atoms with Crippen molar-refractivity contribution in [2.24, 2.45) is 0 Å². The SMILES string of the molecule is CC(C)(NN(Cl)C(=O)c1ccccc1Cl)C(F)F. The van der Waals surface area contributed by atoms with Crippen LogP contribution in [0.3, 0.4) is 0 Å². The Morgan fingerprint density at radius 3 is 2.44 bits per heavy atom. The lowest BCUT2D eigenvalue weighted by Crippen LogP contribution is -2.53. The summed E-state index contributed by atoms with van der Waals surface area (Å²) < 4.78 is 25.8. The lowest BCUT2D eigenvalue weighted by atomic mass is 10.1. The van der Waals surface area contributed by atoms with E-state index in [2.05, 4.69) is 5.43 Å². The monoisotopic (exact) mass is 296 g/mol. The highest BCUT2D eigenvalue weighted by atomic mass is 35.5. The van der Waals surface area contributed by atoms with Gasteiger partial charge in [0, 0.05) is 11.8 Å². The Morgan fingerprint density at radius 2 is 1.94 bits per heavy atom. The van der Waals surface area contributed by atoms with Crippen molar-refractivity contribution >= 4 is 29.3 Å². The van der Waals surface area contributed by atoms with Crippen LogP contribution in [0.2, 0.25) is 5.02 Å². The number of nitrogens with one attached hydrogen (secondary N) is 1. The van der Waals surface area contributed by atoms with Gasteiger partial charge in [-0.25, -0.2) is 14.2 Å². The molecule has 0 aromatic heterocycles. The van der Waals surface area contributed by atoms with Crippen LogP contribution in [0.25, 0.3) is 0 Å². The highest BCUT2D eigenvalue weighted by Crippen LogP contribution is 2.20. The van der Waals surface area contributed by atoms with Gasteiger partial charge < -0.3 is 0 Å². The topological polar surface area (TPSA) is 32.3 Å². The molecule has 0 heterocycles. The molecule has 1 aromatic rings. The molecule has 18 heavy (non-hydrogen) atoms. The Labute approximate surface area is 114 Å². The first-order valence-electron chi connectivity index (χ1n) is 5.06. The summed E-state index contributed by atoms with van der Waals surface area (Å²) in [6, 6.07) is 6.21. The van der Waals surface area contributed by atoms with E-state index in [0.29, 0.717) is 4.53 Å².